The summed E-state index contributed by atoms with van der Waals surface area (Å²) in [5.74, 6) is -0.567. The lowest BCUT2D eigenvalue weighted by atomic mass is 10.3. The molecule has 0 fully saturated rings. The molecule has 0 aliphatic heterocycles. The van der Waals surface area contributed by atoms with Gasteiger partial charge in [-0.25, -0.2) is 9.78 Å². The third kappa shape index (κ3) is 5.60. The number of carbonyl (C=O) groups is 1. The Kier molecular flexibility index (Phi) is 6.75. The van der Waals surface area contributed by atoms with Crippen molar-refractivity contribution >= 4 is 5.97 Å². The van der Waals surface area contributed by atoms with Crippen LogP contribution in [0.2, 0.25) is 0 Å². The minimum absolute atomic E-state index is 0.0242. The van der Waals surface area contributed by atoms with E-state index in [1.807, 2.05) is 0 Å². The van der Waals surface area contributed by atoms with Gasteiger partial charge in [-0.05, 0) is 6.07 Å². The lowest BCUT2D eigenvalue weighted by Crippen LogP contribution is -2.07. The van der Waals surface area contributed by atoms with Crippen molar-refractivity contribution in [1.29, 1.82) is 0 Å². The molecule has 1 aromatic rings. The highest BCUT2D eigenvalue weighted by molar-refractivity contribution is 5.85. The van der Waals surface area contributed by atoms with Gasteiger partial charge in [-0.15, -0.1) is 0 Å². The molecule has 1 aromatic heterocycles. The molecule has 100 valence electrons. The highest BCUT2D eigenvalue weighted by atomic mass is 16.5. The Balaban J connectivity index is 2.19. The van der Waals surface area contributed by atoms with Crippen LogP contribution in [-0.2, 0) is 9.47 Å². The monoisotopic (exact) mass is 255 g/mol. The van der Waals surface area contributed by atoms with Crippen molar-refractivity contribution in [2.45, 2.75) is 6.42 Å². The Bertz CT molecular complexity index is 369. The Morgan fingerprint density at radius 2 is 2.17 bits per heavy atom. The van der Waals surface area contributed by atoms with Crippen LogP contribution in [0.4, 0.5) is 0 Å². The minimum Gasteiger partial charge on any atom is -0.493 e. The number of ether oxygens (including phenoxy) is 3. The molecule has 0 aromatic carbocycles. The van der Waals surface area contributed by atoms with Crippen molar-refractivity contribution in [1.82, 2.24) is 4.98 Å². The third-order valence-corrected chi connectivity index (χ3v) is 2.08. The van der Waals surface area contributed by atoms with Crippen molar-refractivity contribution < 1.29 is 24.1 Å². The number of carboxylic acids is 1. The zero-order valence-corrected chi connectivity index (χ0v) is 10.3. The second-order valence-electron chi connectivity index (χ2n) is 3.49. The highest BCUT2D eigenvalue weighted by Gasteiger charge is 2.05. The van der Waals surface area contributed by atoms with Gasteiger partial charge in [0.25, 0.3) is 0 Å². The number of methoxy groups -OCH3 is 1. The molecule has 0 atom stereocenters. The van der Waals surface area contributed by atoms with Crippen LogP contribution in [0.1, 0.15) is 16.9 Å². The van der Waals surface area contributed by atoms with Gasteiger partial charge >= 0.3 is 5.97 Å². The van der Waals surface area contributed by atoms with Gasteiger partial charge < -0.3 is 19.3 Å². The van der Waals surface area contributed by atoms with E-state index in [4.69, 9.17) is 19.3 Å². The molecule has 0 aliphatic rings. The number of nitrogens with zero attached hydrogens (tertiary/aromatic N) is 1. The van der Waals surface area contributed by atoms with Gasteiger partial charge in [-0.3, -0.25) is 0 Å². The summed E-state index contributed by atoms with van der Waals surface area (Å²) in [6, 6.07) is 3.02. The second-order valence-corrected chi connectivity index (χ2v) is 3.49. The molecule has 1 N–H and O–H groups in total. The first-order chi connectivity index (χ1) is 8.74. The molecular weight excluding hydrogens is 238 g/mol. The van der Waals surface area contributed by atoms with Crippen LogP contribution in [0.3, 0.4) is 0 Å². The van der Waals surface area contributed by atoms with Gasteiger partial charge in [0.2, 0.25) is 0 Å². The van der Waals surface area contributed by atoms with E-state index in [0.717, 1.165) is 6.42 Å². The van der Waals surface area contributed by atoms with Crippen molar-refractivity contribution in [2.24, 2.45) is 0 Å². The first-order valence-corrected chi connectivity index (χ1v) is 5.63. The Morgan fingerprint density at radius 1 is 1.33 bits per heavy atom. The van der Waals surface area contributed by atoms with Crippen LogP contribution in [0.25, 0.3) is 0 Å². The average molecular weight is 255 g/mol. The van der Waals surface area contributed by atoms with Gasteiger partial charge in [-0.1, -0.05) is 0 Å². The fourth-order valence-corrected chi connectivity index (χ4v) is 1.21. The van der Waals surface area contributed by atoms with Crippen LogP contribution in [0.15, 0.2) is 18.3 Å². The zero-order chi connectivity index (χ0) is 13.2. The predicted molar refractivity (Wildman–Crippen MR) is 64.0 cm³/mol. The number of hydrogen-bond acceptors (Lipinski definition) is 5. The largest absolute Gasteiger partial charge is 0.493 e. The van der Waals surface area contributed by atoms with Crippen LogP contribution < -0.4 is 4.74 Å². The fourth-order valence-electron chi connectivity index (χ4n) is 1.21. The van der Waals surface area contributed by atoms with Crippen molar-refractivity contribution in [3.63, 3.8) is 0 Å². The molecule has 0 amide bonds. The Hall–Kier alpha value is -1.66. The summed E-state index contributed by atoms with van der Waals surface area (Å²) in [4.78, 5) is 14.4. The summed E-state index contributed by atoms with van der Waals surface area (Å²) < 4.78 is 15.5. The first kappa shape index (κ1) is 14.4. The lowest BCUT2D eigenvalue weighted by molar-refractivity contribution is 0.0643. The van der Waals surface area contributed by atoms with E-state index in [0.29, 0.717) is 32.2 Å². The molecule has 1 heterocycles. The summed E-state index contributed by atoms with van der Waals surface area (Å²) in [6.07, 6.45) is 2.14. The summed E-state index contributed by atoms with van der Waals surface area (Å²) >= 11 is 0. The number of carboxylic acid groups (broad SMARTS) is 1. The molecule has 0 aliphatic carbocycles. The summed E-state index contributed by atoms with van der Waals surface area (Å²) in [6.45, 7) is 2.19. The van der Waals surface area contributed by atoms with E-state index in [1.54, 1.807) is 13.2 Å². The van der Waals surface area contributed by atoms with Gasteiger partial charge in [0.05, 0.1) is 19.8 Å². The fraction of sp³-hybridized carbons (Fsp3) is 0.500. The zero-order valence-electron chi connectivity index (χ0n) is 10.3. The van der Waals surface area contributed by atoms with Gasteiger partial charge in [0, 0.05) is 32.4 Å². The molecule has 0 bridgehead atoms. The summed E-state index contributed by atoms with van der Waals surface area (Å²) in [7, 11) is 1.62. The van der Waals surface area contributed by atoms with Crippen molar-refractivity contribution in [2.75, 3.05) is 33.5 Å². The number of rotatable bonds is 9. The van der Waals surface area contributed by atoms with Crippen LogP contribution >= 0.6 is 0 Å². The summed E-state index contributed by atoms with van der Waals surface area (Å²) in [5, 5.41) is 8.75. The smallest absolute Gasteiger partial charge is 0.354 e. The van der Waals surface area contributed by atoms with Gasteiger partial charge in [-0.2, -0.15) is 0 Å². The molecule has 18 heavy (non-hydrogen) atoms. The van der Waals surface area contributed by atoms with Crippen molar-refractivity contribution in [3.05, 3.63) is 24.0 Å². The molecule has 0 saturated heterocycles. The average Bonchev–Trinajstić information content (AvgIpc) is 2.38. The molecule has 0 unspecified atom stereocenters. The SMILES string of the molecule is COCCOCCCOc1ccnc(C(=O)O)c1. The second kappa shape index (κ2) is 8.43. The maximum atomic E-state index is 10.7. The molecular formula is C12H17NO5. The lowest BCUT2D eigenvalue weighted by Gasteiger charge is -2.07. The number of aromatic carboxylic acids is 1. The van der Waals surface area contributed by atoms with E-state index >= 15 is 0 Å². The molecule has 0 radical (unpaired) electrons. The van der Waals surface area contributed by atoms with E-state index in [-0.39, 0.29) is 5.69 Å². The number of hydrogen-bond donors (Lipinski definition) is 1. The molecule has 6 heteroatoms. The topological polar surface area (TPSA) is 77.9 Å². The van der Waals surface area contributed by atoms with Crippen LogP contribution in [-0.4, -0.2) is 49.6 Å². The predicted octanol–water partition coefficient (Wildman–Crippen LogP) is 1.21. The minimum atomic E-state index is -1.07. The van der Waals surface area contributed by atoms with Gasteiger partial charge in [0.1, 0.15) is 5.75 Å². The normalized spacial score (nSPS) is 10.3. The molecule has 0 saturated carbocycles. The van der Waals surface area contributed by atoms with E-state index in [1.165, 1.54) is 12.3 Å². The number of pyridine rings is 1. The van der Waals surface area contributed by atoms with E-state index in [2.05, 4.69) is 4.98 Å². The van der Waals surface area contributed by atoms with Crippen molar-refractivity contribution in [3.8, 4) is 5.75 Å². The molecule has 6 nitrogen and oxygen atoms in total. The Labute approximate surface area is 106 Å². The highest BCUT2D eigenvalue weighted by Crippen LogP contribution is 2.11. The summed E-state index contributed by atoms with van der Waals surface area (Å²) in [5.41, 5.74) is -0.0242. The number of aromatic nitrogens is 1. The Morgan fingerprint density at radius 3 is 2.89 bits per heavy atom. The van der Waals surface area contributed by atoms with E-state index in [9.17, 15) is 4.79 Å². The van der Waals surface area contributed by atoms with Crippen LogP contribution in [0.5, 0.6) is 5.75 Å². The maximum Gasteiger partial charge on any atom is 0.354 e. The molecule has 0 spiro atoms. The van der Waals surface area contributed by atoms with Crippen LogP contribution in [0, 0.1) is 0 Å². The standard InChI is InChI=1S/C12H17NO5/c1-16-7-8-17-5-2-6-18-10-3-4-13-11(9-10)12(14)15/h3-4,9H,2,5-8H2,1H3,(H,14,15). The first-order valence-electron chi connectivity index (χ1n) is 5.63. The quantitative estimate of drug-likeness (QED) is 0.668. The third-order valence-electron chi connectivity index (χ3n) is 2.08. The molecule has 1 rings (SSSR count). The van der Waals surface area contributed by atoms with Gasteiger partial charge in [0.15, 0.2) is 5.69 Å². The van der Waals surface area contributed by atoms with E-state index < -0.39 is 5.97 Å². The maximum absolute atomic E-state index is 10.7.